The molecule has 0 spiro atoms. The van der Waals surface area contributed by atoms with E-state index in [1.807, 2.05) is 12.1 Å². The van der Waals surface area contributed by atoms with Crippen LogP contribution in [0.4, 0.5) is 5.69 Å². The number of nitrogens with two attached hydrogens (primary N) is 1. The molecular weight excluding hydrogens is 284 g/mol. The lowest BCUT2D eigenvalue weighted by Gasteiger charge is -2.32. The average Bonchev–Trinajstić information content (AvgIpc) is 3.11. The van der Waals surface area contributed by atoms with Gasteiger partial charge in [0.15, 0.2) is 0 Å². The van der Waals surface area contributed by atoms with Crippen molar-refractivity contribution in [2.75, 3.05) is 5.73 Å². The molecule has 0 heterocycles. The van der Waals surface area contributed by atoms with Crippen LogP contribution in [0.3, 0.4) is 0 Å². The zero-order chi connectivity index (χ0) is 13.7. The summed E-state index contributed by atoms with van der Waals surface area (Å²) in [5.74, 6) is 3.56. The molecule has 114 valence electrons. The normalized spacial score (nSPS) is 36.1. The summed E-state index contributed by atoms with van der Waals surface area (Å²) >= 11 is 0. The monoisotopic (exact) mass is 306 g/mol. The van der Waals surface area contributed by atoms with E-state index in [0.29, 0.717) is 11.7 Å². The fourth-order valence-electron chi connectivity index (χ4n) is 5.12. The Morgan fingerprint density at radius 3 is 2.52 bits per heavy atom. The molecule has 3 nitrogen and oxygen atoms in total. The highest BCUT2D eigenvalue weighted by atomic mass is 35.5. The summed E-state index contributed by atoms with van der Waals surface area (Å²) in [5.41, 5.74) is 7.10. The number of hydrogen-bond donors (Lipinski definition) is 2. The largest absolute Gasteiger partial charge is 0.399 e. The van der Waals surface area contributed by atoms with Crippen molar-refractivity contribution < 1.29 is 4.79 Å². The minimum absolute atomic E-state index is 0. The van der Waals surface area contributed by atoms with Crippen molar-refractivity contribution in [3.05, 3.63) is 29.8 Å². The molecule has 0 saturated heterocycles. The zero-order valence-corrected chi connectivity index (χ0v) is 12.9. The van der Waals surface area contributed by atoms with E-state index in [9.17, 15) is 4.79 Å². The molecule has 3 aliphatic carbocycles. The van der Waals surface area contributed by atoms with Gasteiger partial charge in [0.2, 0.25) is 0 Å². The molecule has 0 aliphatic heterocycles. The van der Waals surface area contributed by atoms with Gasteiger partial charge in [0, 0.05) is 17.3 Å². The molecule has 5 atom stereocenters. The Hall–Kier alpha value is -1.22. The van der Waals surface area contributed by atoms with E-state index in [4.69, 9.17) is 5.73 Å². The van der Waals surface area contributed by atoms with Crippen LogP contribution < -0.4 is 11.1 Å². The number of halogens is 1. The Balaban J connectivity index is 0.00000132. The molecule has 0 aromatic heterocycles. The number of nitrogen functional groups attached to an aromatic ring is 1. The Kier molecular flexibility index (Phi) is 3.87. The van der Waals surface area contributed by atoms with Gasteiger partial charge in [-0.1, -0.05) is 6.42 Å². The molecule has 0 radical (unpaired) electrons. The number of fused-ring (bicyclic) bond motifs is 5. The highest BCUT2D eigenvalue weighted by molar-refractivity contribution is 5.94. The molecule has 21 heavy (non-hydrogen) atoms. The summed E-state index contributed by atoms with van der Waals surface area (Å²) in [6, 6.07) is 7.63. The summed E-state index contributed by atoms with van der Waals surface area (Å²) in [7, 11) is 0. The van der Waals surface area contributed by atoms with Crippen LogP contribution in [-0.2, 0) is 0 Å². The molecule has 4 heteroatoms. The minimum atomic E-state index is 0. The Bertz CT molecular complexity index is 530. The number of carbonyl (C=O) groups is 1. The van der Waals surface area contributed by atoms with Gasteiger partial charge in [-0.2, -0.15) is 0 Å². The van der Waals surface area contributed by atoms with Gasteiger partial charge in [0.25, 0.3) is 5.91 Å². The van der Waals surface area contributed by atoms with E-state index in [-0.39, 0.29) is 18.3 Å². The highest BCUT2D eigenvalue weighted by Gasteiger charge is 2.53. The van der Waals surface area contributed by atoms with Crippen LogP contribution in [-0.4, -0.2) is 11.9 Å². The first-order chi connectivity index (χ1) is 9.72. The van der Waals surface area contributed by atoms with E-state index < -0.39 is 0 Å². The molecule has 3 saturated carbocycles. The molecule has 1 amide bonds. The van der Waals surface area contributed by atoms with E-state index in [2.05, 4.69) is 5.32 Å². The van der Waals surface area contributed by atoms with Gasteiger partial charge in [-0.05, 0) is 73.6 Å². The number of amides is 1. The average molecular weight is 307 g/mol. The van der Waals surface area contributed by atoms with Gasteiger partial charge in [0.05, 0.1) is 0 Å². The van der Waals surface area contributed by atoms with Crippen LogP contribution in [0, 0.1) is 23.7 Å². The van der Waals surface area contributed by atoms with E-state index in [1.165, 1.54) is 32.1 Å². The van der Waals surface area contributed by atoms with Crippen molar-refractivity contribution in [3.63, 3.8) is 0 Å². The number of nitrogens with one attached hydrogen (secondary N) is 1. The van der Waals surface area contributed by atoms with Crippen LogP contribution in [0.1, 0.15) is 42.5 Å². The number of benzene rings is 1. The Morgan fingerprint density at radius 1 is 1.05 bits per heavy atom. The second-order valence-electron chi connectivity index (χ2n) is 6.86. The van der Waals surface area contributed by atoms with Crippen molar-refractivity contribution >= 4 is 24.0 Å². The standard InChI is InChI=1S/C17H22N2O.ClH/c18-12-6-4-10(5-7-12)17(20)19-16-9-11-8-15(16)14-3-1-2-13(11)14;/h4-7,11,13-16H,1-3,8-9,18H2,(H,19,20);1H. The summed E-state index contributed by atoms with van der Waals surface area (Å²) in [6.45, 7) is 0. The second kappa shape index (κ2) is 5.53. The number of carbonyl (C=O) groups excluding carboxylic acids is 1. The van der Waals surface area contributed by atoms with Crippen LogP contribution in [0.5, 0.6) is 0 Å². The first-order valence-corrected chi connectivity index (χ1v) is 7.89. The third-order valence-electron chi connectivity index (χ3n) is 5.92. The molecule has 5 unspecified atom stereocenters. The fraction of sp³-hybridized carbons (Fsp3) is 0.588. The Labute approximate surface area is 132 Å². The fourth-order valence-corrected chi connectivity index (χ4v) is 5.12. The zero-order valence-electron chi connectivity index (χ0n) is 12.1. The van der Waals surface area contributed by atoms with Gasteiger partial charge < -0.3 is 11.1 Å². The summed E-state index contributed by atoms with van der Waals surface area (Å²) in [5, 5.41) is 3.28. The van der Waals surface area contributed by atoms with Crippen LogP contribution in [0.25, 0.3) is 0 Å². The van der Waals surface area contributed by atoms with Crippen LogP contribution >= 0.6 is 12.4 Å². The third-order valence-corrected chi connectivity index (χ3v) is 5.92. The molecule has 3 aliphatic rings. The molecule has 2 bridgehead atoms. The minimum Gasteiger partial charge on any atom is -0.399 e. The summed E-state index contributed by atoms with van der Waals surface area (Å²) in [4.78, 5) is 12.3. The molecule has 1 aromatic carbocycles. The molecule has 3 fully saturated rings. The maximum atomic E-state index is 12.3. The van der Waals surface area contributed by atoms with Gasteiger partial charge in [-0.25, -0.2) is 0 Å². The first kappa shape index (κ1) is 14.7. The van der Waals surface area contributed by atoms with Gasteiger partial charge in [0.1, 0.15) is 0 Å². The first-order valence-electron chi connectivity index (χ1n) is 7.89. The molecule has 1 aromatic rings. The third kappa shape index (κ3) is 2.42. The molecule has 4 rings (SSSR count). The van der Waals surface area contributed by atoms with Crippen molar-refractivity contribution in [3.8, 4) is 0 Å². The molecular formula is C17H23ClN2O. The van der Waals surface area contributed by atoms with Crippen LogP contribution in [0.15, 0.2) is 24.3 Å². The van der Waals surface area contributed by atoms with Gasteiger partial charge in [-0.15, -0.1) is 12.4 Å². The quantitative estimate of drug-likeness (QED) is 0.824. The van der Waals surface area contributed by atoms with Crippen molar-refractivity contribution in [2.24, 2.45) is 23.7 Å². The second-order valence-corrected chi connectivity index (χ2v) is 6.86. The predicted molar refractivity (Wildman–Crippen MR) is 86.4 cm³/mol. The lowest BCUT2D eigenvalue weighted by atomic mass is 9.79. The smallest absolute Gasteiger partial charge is 0.251 e. The number of rotatable bonds is 2. The summed E-state index contributed by atoms with van der Waals surface area (Å²) < 4.78 is 0. The van der Waals surface area contributed by atoms with E-state index in [1.54, 1.807) is 12.1 Å². The number of hydrogen-bond acceptors (Lipinski definition) is 2. The van der Waals surface area contributed by atoms with Gasteiger partial charge >= 0.3 is 0 Å². The highest BCUT2D eigenvalue weighted by Crippen LogP contribution is 2.58. The lowest BCUT2D eigenvalue weighted by molar-refractivity contribution is 0.0901. The maximum Gasteiger partial charge on any atom is 0.251 e. The lowest BCUT2D eigenvalue weighted by Crippen LogP contribution is -2.42. The topological polar surface area (TPSA) is 55.1 Å². The Morgan fingerprint density at radius 2 is 1.76 bits per heavy atom. The van der Waals surface area contributed by atoms with Crippen molar-refractivity contribution in [2.45, 2.75) is 38.1 Å². The summed E-state index contributed by atoms with van der Waals surface area (Å²) in [6.07, 6.45) is 6.78. The maximum absolute atomic E-state index is 12.3. The van der Waals surface area contributed by atoms with E-state index in [0.717, 1.165) is 29.2 Å². The predicted octanol–water partition coefficient (Wildman–Crippen LogP) is 3.25. The van der Waals surface area contributed by atoms with Crippen molar-refractivity contribution in [1.82, 2.24) is 5.32 Å². The van der Waals surface area contributed by atoms with E-state index >= 15 is 0 Å². The van der Waals surface area contributed by atoms with Crippen molar-refractivity contribution in [1.29, 1.82) is 0 Å². The SMILES string of the molecule is Cl.Nc1ccc(C(=O)NC2CC3CC2C2CCCC32)cc1. The molecule has 3 N–H and O–H groups in total. The van der Waals surface area contributed by atoms with Gasteiger partial charge in [-0.3, -0.25) is 4.79 Å². The van der Waals surface area contributed by atoms with Crippen LogP contribution in [0.2, 0.25) is 0 Å². The number of anilines is 1.